The van der Waals surface area contributed by atoms with E-state index in [1.165, 1.54) is 25.7 Å². The summed E-state index contributed by atoms with van der Waals surface area (Å²) in [6, 6.07) is 0. The van der Waals surface area contributed by atoms with Crippen LogP contribution < -0.4 is 0 Å². The van der Waals surface area contributed by atoms with E-state index in [0.717, 1.165) is 32.1 Å². The van der Waals surface area contributed by atoms with Gasteiger partial charge in [-0.05, 0) is 110 Å². The molecule has 0 amide bonds. The summed E-state index contributed by atoms with van der Waals surface area (Å²) in [5.41, 5.74) is 3.13. The van der Waals surface area contributed by atoms with Crippen LogP contribution in [0.4, 0.5) is 0 Å². The second kappa shape index (κ2) is 8.25. The van der Waals surface area contributed by atoms with Crippen LogP contribution in [-0.4, -0.2) is 22.3 Å². The molecule has 4 aliphatic carbocycles. The molecule has 0 heterocycles. The zero-order chi connectivity index (χ0) is 24.4. The third-order valence-corrected chi connectivity index (χ3v) is 12.0. The smallest absolute Gasteiger partial charge is 0.330 e. The lowest BCUT2D eigenvalue weighted by atomic mass is 9.41. The van der Waals surface area contributed by atoms with Gasteiger partial charge in [0.2, 0.25) is 0 Å². The molecule has 4 aliphatic rings. The molecule has 4 rings (SSSR count). The highest BCUT2D eigenvalue weighted by Gasteiger charge is 2.65. The first-order valence-electron chi connectivity index (χ1n) is 13.6. The molecule has 3 saturated carbocycles. The Morgan fingerprint density at radius 2 is 1.82 bits per heavy atom. The van der Waals surface area contributed by atoms with E-state index in [0.29, 0.717) is 40.1 Å². The third kappa shape index (κ3) is 3.58. The van der Waals surface area contributed by atoms with Crippen molar-refractivity contribution in [3.63, 3.8) is 0 Å². The van der Waals surface area contributed by atoms with E-state index in [4.69, 9.17) is 5.11 Å². The van der Waals surface area contributed by atoms with Crippen molar-refractivity contribution in [3.05, 3.63) is 23.3 Å². The Labute approximate surface area is 202 Å². The normalized spacial score (nSPS) is 45.5. The minimum absolute atomic E-state index is 0.00892. The van der Waals surface area contributed by atoms with Gasteiger partial charge in [-0.2, -0.15) is 0 Å². The van der Waals surface area contributed by atoms with Crippen LogP contribution in [0.5, 0.6) is 0 Å². The van der Waals surface area contributed by atoms with Gasteiger partial charge in [0.25, 0.3) is 0 Å². The molecule has 2 N–H and O–H groups in total. The van der Waals surface area contributed by atoms with E-state index < -0.39 is 5.97 Å². The van der Waals surface area contributed by atoms with Crippen LogP contribution in [0.15, 0.2) is 23.3 Å². The summed E-state index contributed by atoms with van der Waals surface area (Å²) in [6.07, 6.45) is 14.7. The molecule has 3 heteroatoms. The molecule has 3 nitrogen and oxygen atoms in total. The van der Waals surface area contributed by atoms with E-state index >= 15 is 0 Å². The van der Waals surface area contributed by atoms with Crippen molar-refractivity contribution in [2.45, 2.75) is 112 Å². The first-order chi connectivity index (χ1) is 15.3. The quantitative estimate of drug-likeness (QED) is 0.335. The number of aliphatic hydroxyl groups is 1. The van der Waals surface area contributed by atoms with Crippen molar-refractivity contribution in [2.24, 2.45) is 45.3 Å². The van der Waals surface area contributed by atoms with Crippen LogP contribution in [0, 0.1) is 45.3 Å². The fraction of sp³-hybridized carbons (Fsp3) is 0.833. The number of hydrogen-bond donors (Lipinski definition) is 2. The summed E-state index contributed by atoms with van der Waals surface area (Å²) in [4.78, 5) is 11.1. The maximum atomic E-state index is 11.1. The summed E-state index contributed by atoms with van der Waals surface area (Å²) in [5.74, 6) is 1.75. The van der Waals surface area contributed by atoms with E-state index in [2.05, 4.69) is 47.6 Å². The number of aliphatic carboxylic acids is 1. The standard InChI is InChI=1S/C30H48O3/c1-19(9-8-10-20(2)26(32)33)21-13-17-30(7)23-11-12-24-27(3,4)25(31)15-16-28(24,5)22(23)14-18-29(21,30)6/h10-11,19,21-22,24-25,31H,8-9,12-18H2,1-7H3,(H,32,33)/b20-10+/t19-,21-,22-,24+,25+,28-,29-,30+/m1/s1. The average molecular weight is 457 g/mol. The molecular weight excluding hydrogens is 408 g/mol. The number of allylic oxidation sites excluding steroid dienone is 3. The molecule has 0 spiro atoms. The second-order valence-electron chi connectivity index (χ2n) is 13.6. The minimum Gasteiger partial charge on any atom is -0.478 e. The molecule has 0 aliphatic heterocycles. The van der Waals surface area contributed by atoms with Crippen LogP contribution >= 0.6 is 0 Å². The SMILES string of the molecule is C/C(=C\CC[C@@H](C)[C@H]1CC[C@@]2(C)C3=CC[C@H]4C(C)(C)[C@@H](O)CC[C@]4(C)[C@@H]3CC[C@]12C)C(=O)O. The van der Waals surface area contributed by atoms with Gasteiger partial charge in [-0.25, -0.2) is 4.79 Å². The van der Waals surface area contributed by atoms with Crippen molar-refractivity contribution in [2.75, 3.05) is 0 Å². The van der Waals surface area contributed by atoms with E-state index in [1.807, 2.05) is 6.08 Å². The van der Waals surface area contributed by atoms with Gasteiger partial charge in [0.05, 0.1) is 6.10 Å². The molecule has 0 saturated heterocycles. The number of carboxylic acids is 1. The molecule has 0 bridgehead atoms. The van der Waals surface area contributed by atoms with Gasteiger partial charge < -0.3 is 10.2 Å². The maximum absolute atomic E-state index is 11.1. The van der Waals surface area contributed by atoms with Crippen molar-refractivity contribution in [3.8, 4) is 0 Å². The molecule has 0 unspecified atom stereocenters. The first kappa shape index (κ1) is 25.0. The van der Waals surface area contributed by atoms with Gasteiger partial charge >= 0.3 is 5.97 Å². The predicted octanol–water partition coefficient (Wildman–Crippen LogP) is 7.40. The van der Waals surface area contributed by atoms with Crippen molar-refractivity contribution in [1.29, 1.82) is 0 Å². The average Bonchev–Trinajstić information content (AvgIpc) is 3.02. The van der Waals surface area contributed by atoms with Crippen LogP contribution in [0.25, 0.3) is 0 Å². The monoisotopic (exact) mass is 456 g/mol. The van der Waals surface area contributed by atoms with Gasteiger partial charge in [0.15, 0.2) is 0 Å². The summed E-state index contributed by atoms with van der Waals surface area (Å²) in [7, 11) is 0. The number of aliphatic hydroxyl groups excluding tert-OH is 1. The highest BCUT2D eigenvalue weighted by atomic mass is 16.4. The molecule has 0 aromatic heterocycles. The number of rotatable bonds is 5. The molecule has 0 aromatic carbocycles. The summed E-state index contributed by atoms with van der Waals surface area (Å²) in [6.45, 7) is 16.5. The predicted molar refractivity (Wildman–Crippen MR) is 135 cm³/mol. The Balaban J connectivity index is 1.58. The first-order valence-corrected chi connectivity index (χ1v) is 13.6. The van der Waals surface area contributed by atoms with Crippen molar-refractivity contribution >= 4 is 5.97 Å². The van der Waals surface area contributed by atoms with E-state index in [9.17, 15) is 9.90 Å². The number of hydrogen-bond acceptors (Lipinski definition) is 2. The molecule has 0 aromatic rings. The van der Waals surface area contributed by atoms with Crippen LogP contribution in [-0.2, 0) is 4.79 Å². The molecule has 186 valence electrons. The number of carbonyl (C=O) groups is 1. The number of carboxylic acid groups (broad SMARTS) is 1. The lowest BCUT2D eigenvalue weighted by Gasteiger charge is -2.64. The zero-order valence-electron chi connectivity index (χ0n) is 22.2. The van der Waals surface area contributed by atoms with Crippen LogP contribution in [0.1, 0.15) is 106 Å². The fourth-order valence-corrected chi connectivity index (χ4v) is 9.50. The van der Waals surface area contributed by atoms with Gasteiger partial charge in [-0.15, -0.1) is 0 Å². The van der Waals surface area contributed by atoms with Gasteiger partial charge in [-0.1, -0.05) is 59.3 Å². The summed E-state index contributed by atoms with van der Waals surface area (Å²) >= 11 is 0. The van der Waals surface area contributed by atoms with Crippen LogP contribution in [0.3, 0.4) is 0 Å². The topological polar surface area (TPSA) is 57.5 Å². The summed E-state index contributed by atoms with van der Waals surface area (Å²) in [5, 5.41) is 20.0. The Morgan fingerprint density at radius 1 is 1.12 bits per heavy atom. The highest BCUT2D eigenvalue weighted by molar-refractivity contribution is 5.85. The Bertz CT molecular complexity index is 853. The molecule has 33 heavy (non-hydrogen) atoms. The zero-order valence-corrected chi connectivity index (χ0v) is 22.2. The largest absolute Gasteiger partial charge is 0.478 e. The number of fused-ring (bicyclic) bond motifs is 5. The lowest BCUT2D eigenvalue weighted by Crippen LogP contribution is -2.58. The van der Waals surface area contributed by atoms with E-state index in [1.54, 1.807) is 12.5 Å². The van der Waals surface area contributed by atoms with Crippen molar-refractivity contribution in [1.82, 2.24) is 0 Å². The third-order valence-electron chi connectivity index (χ3n) is 12.0. The van der Waals surface area contributed by atoms with Gasteiger partial charge in [0, 0.05) is 5.57 Å². The molecule has 0 radical (unpaired) electrons. The Hall–Kier alpha value is -1.09. The molecule has 8 atom stereocenters. The molecular formula is C30H48O3. The highest BCUT2D eigenvalue weighted by Crippen LogP contribution is 2.73. The Morgan fingerprint density at radius 3 is 2.48 bits per heavy atom. The van der Waals surface area contributed by atoms with Gasteiger partial charge in [-0.3, -0.25) is 0 Å². The second-order valence-corrected chi connectivity index (χ2v) is 13.6. The van der Waals surface area contributed by atoms with Crippen molar-refractivity contribution < 1.29 is 15.0 Å². The summed E-state index contributed by atoms with van der Waals surface area (Å²) < 4.78 is 0. The minimum atomic E-state index is -0.796. The maximum Gasteiger partial charge on any atom is 0.330 e. The van der Waals surface area contributed by atoms with Gasteiger partial charge in [0.1, 0.15) is 0 Å². The lowest BCUT2D eigenvalue weighted by molar-refractivity contribution is -0.132. The van der Waals surface area contributed by atoms with Crippen LogP contribution in [0.2, 0.25) is 0 Å². The Kier molecular flexibility index (Phi) is 6.25. The fourth-order valence-electron chi connectivity index (χ4n) is 9.50. The molecule has 3 fully saturated rings. The van der Waals surface area contributed by atoms with E-state index in [-0.39, 0.29) is 16.9 Å².